The van der Waals surface area contributed by atoms with E-state index in [-0.39, 0.29) is 11.2 Å². The Morgan fingerprint density at radius 1 is 1.56 bits per heavy atom. The molecule has 1 aromatic heterocycles. The summed E-state index contributed by atoms with van der Waals surface area (Å²) in [5, 5.41) is 0.432. The highest BCUT2D eigenvalue weighted by atomic mass is 19.1. The Balaban J connectivity index is 2.70. The SMILES string of the molecule is COc1cc(F)c2nc(C(N)=O)c[c]c2c1. The van der Waals surface area contributed by atoms with Crippen LogP contribution in [0, 0.1) is 11.9 Å². The number of hydrogen-bond acceptors (Lipinski definition) is 3. The van der Waals surface area contributed by atoms with Crippen molar-refractivity contribution in [2.24, 2.45) is 5.73 Å². The molecule has 2 aromatic rings. The van der Waals surface area contributed by atoms with Crippen molar-refractivity contribution < 1.29 is 13.9 Å². The number of methoxy groups -OCH3 is 1. The number of hydrogen-bond donors (Lipinski definition) is 1. The second kappa shape index (κ2) is 3.77. The molecule has 0 spiro atoms. The third kappa shape index (κ3) is 1.67. The lowest BCUT2D eigenvalue weighted by Crippen LogP contribution is -2.13. The van der Waals surface area contributed by atoms with Gasteiger partial charge in [0.15, 0.2) is 5.82 Å². The van der Waals surface area contributed by atoms with Crippen molar-refractivity contribution in [3.63, 3.8) is 0 Å². The van der Waals surface area contributed by atoms with Crippen LogP contribution in [0.3, 0.4) is 0 Å². The molecule has 0 unspecified atom stereocenters. The van der Waals surface area contributed by atoms with E-state index in [0.29, 0.717) is 11.1 Å². The zero-order valence-corrected chi connectivity index (χ0v) is 8.45. The molecule has 0 fully saturated rings. The second-order valence-electron chi connectivity index (χ2n) is 3.16. The average Bonchev–Trinajstić information content (AvgIpc) is 2.28. The van der Waals surface area contributed by atoms with Gasteiger partial charge < -0.3 is 10.5 Å². The molecule has 1 heterocycles. The molecule has 2 rings (SSSR count). The standard InChI is InChI=1S/C11H8FN2O2/c1-16-7-4-6-2-3-9(11(13)15)14-10(6)8(12)5-7/h3-5H,1H3,(H2,13,15). The number of carbonyl (C=O) groups is 1. The van der Waals surface area contributed by atoms with Crippen LogP contribution < -0.4 is 10.5 Å². The Hall–Kier alpha value is -2.17. The first kappa shape index (κ1) is 10.4. The molecule has 0 bridgehead atoms. The van der Waals surface area contributed by atoms with Crippen LogP contribution in [0.25, 0.3) is 10.9 Å². The van der Waals surface area contributed by atoms with E-state index in [0.717, 1.165) is 0 Å². The molecule has 0 atom stereocenters. The number of primary amides is 1. The fraction of sp³-hybridized carbons (Fsp3) is 0.0909. The van der Waals surface area contributed by atoms with Crippen molar-refractivity contribution in [3.8, 4) is 5.75 Å². The van der Waals surface area contributed by atoms with Crippen molar-refractivity contribution >= 4 is 16.8 Å². The molecule has 5 heteroatoms. The molecule has 4 nitrogen and oxygen atoms in total. The maximum atomic E-state index is 13.6. The van der Waals surface area contributed by atoms with Gasteiger partial charge >= 0.3 is 0 Å². The quantitative estimate of drug-likeness (QED) is 0.827. The van der Waals surface area contributed by atoms with Crippen molar-refractivity contribution in [3.05, 3.63) is 35.8 Å². The number of aromatic nitrogens is 1. The predicted molar refractivity (Wildman–Crippen MR) is 55.6 cm³/mol. The monoisotopic (exact) mass is 219 g/mol. The van der Waals surface area contributed by atoms with E-state index in [4.69, 9.17) is 10.5 Å². The van der Waals surface area contributed by atoms with Crippen molar-refractivity contribution in [2.45, 2.75) is 0 Å². The fourth-order valence-electron chi connectivity index (χ4n) is 1.34. The first-order chi connectivity index (χ1) is 7.61. The first-order valence-electron chi connectivity index (χ1n) is 4.47. The van der Waals surface area contributed by atoms with Crippen LogP contribution in [0.4, 0.5) is 4.39 Å². The van der Waals surface area contributed by atoms with E-state index < -0.39 is 11.7 Å². The van der Waals surface area contributed by atoms with E-state index in [1.165, 1.54) is 19.2 Å². The lowest BCUT2D eigenvalue weighted by Gasteiger charge is -2.04. The minimum absolute atomic E-state index is 0.0171. The summed E-state index contributed by atoms with van der Waals surface area (Å²) in [6.07, 6.45) is 0. The third-order valence-electron chi connectivity index (χ3n) is 2.12. The Labute approximate surface area is 90.8 Å². The minimum Gasteiger partial charge on any atom is -0.497 e. The van der Waals surface area contributed by atoms with Crippen LogP contribution in [0.15, 0.2) is 18.2 Å². The second-order valence-corrected chi connectivity index (χ2v) is 3.16. The molecule has 2 N–H and O–H groups in total. The van der Waals surface area contributed by atoms with Crippen LogP contribution >= 0.6 is 0 Å². The van der Waals surface area contributed by atoms with Gasteiger partial charge in [0.1, 0.15) is 17.0 Å². The Bertz CT molecular complexity index is 569. The van der Waals surface area contributed by atoms with Gasteiger partial charge in [-0.25, -0.2) is 9.37 Å². The van der Waals surface area contributed by atoms with E-state index in [1.54, 1.807) is 6.07 Å². The largest absolute Gasteiger partial charge is 0.497 e. The van der Waals surface area contributed by atoms with Gasteiger partial charge in [-0.15, -0.1) is 0 Å². The number of rotatable bonds is 2. The number of carbonyl (C=O) groups excluding carboxylic acids is 1. The molecule has 0 aliphatic heterocycles. The molecule has 0 aliphatic carbocycles. The number of benzene rings is 1. The summed E-state index contributed by atoms with van der Waals surface area (Å²) < 4.78 is 18.5. The van der Waals surface area contributed by atoms with Crippen molar-refractivity contribution in [2.75, 3.05) is 7.11 Å². The van der Waals surface area contributed by atoms with E-state index in [9.17, 15) is 9.18 Å². The van der Waals surface area contributed by atoms with E-state index in [2.05, 4.69) is 11.1 Å². The van der Waals surface area contributed by atoms with Gasteiger partial charge in [-0.3, -0.25) is 4.79 Å². The fourth-order valence-corrected chi connectivity index (χ4v) is 1.34. The number of amides is 1. The van der Waals surface area contributed by atoms with Gasteiger partial charge in [0.2, 0.25) is 0 Å². The third-order valence-corrected chi connectivity index (χ3v) is 2.12. The summed E-state index contributed by atoms with van der Waals surface area (Å²) in [5.74, 6) is -0.919. The average molecular weight is 219 g/mol. The maximum Gasteiger partial charge on any atom is 0.267 e. The summed E-state index contributed by atoms with van der Waals surface area (Å²) in [7, 11) is 1.44. The van der Waals surface area contributed by atoms with Gasteiger partial charge in [-0.05, 0) is 18.2 Å². The van der Waals surface area contributed by atoms with Gasteiger partial charge in [-0.2, -0.15) is 0 Å². The zero-order chi connectivity index (χ0) is 11.7. The highest BCUT2D eigenvalue weighted by Gasteiger charge is 2.09. The molecule has 0 aliphatic rings. The molecular weight excluding hydrogens is 211 g/mol. The number of halogens is 1. The predicted octanol–water partition coefficient (Wildman–Crippen LogP) is 1.28. The summed E-state index contributed by atoms with van der Waals surface area (Å²) in [5.41, 5.74) is 5.08. The highest BCUT2D eigenvalue weighted by molar-refractivity contribution is 5.93. The molecule has 0 saturated carbocycles. The summed E-state index contributed by atoms with van der Waals surface area (Å²) in [6, 6.07) is 6.82. The topological polar surface area (TPSA) is 65.2 Å². The maximum absolute atomic E-state index is 13.6. The minimum atomic E-state index is -0.714. The van der Waals surface area contributed by atoms with Crippen LogP contribution in [0.1, 0.15) is 10.5 Å². The Morgan fingerprint density at radius 2 is 2.31 bits per heavy atom. The smallest absolute Gasteiger partial charge is 0.267 e. The molecule has 1 radical (unpaired) electrons. The van der Waals surface area contributed by atoms with Crippen LogP contribution in [-0.2, 0) is 0 Å². The molecule has 0 saturated heterocycles. The summed E-state index contributed by atoms with van der Waals surface area (Å²) >= 11 is 0. The molecule has 1 aromatic carbocycles. The number of pyridine rings is 1. The Morgan fingerprint density at radius 3 is 2.94 bits per heavy atom. The van der Waals surface area contributed by atoms with Crippen molar-refractivity contribution in [1.29, 1.82) is 0 Å². The van der Waals surface area contributed by atoms with Crippen LogP contribution in [0.2, 0.25) is 0 Å². The molecule has 1 amide bonds. The number of nitrogens with two attached hydrogens (primary N) is 1. The lowest BCUT2D eigenvalue weighted by atomic mass is 10.2. The van der Waals surface area contributed by atoms with Gasteiger partial charge in [0.25, 0.3) is 5.91 Å². The van der Waals surface area contributed by atoms with Gasteiger partial charge in [0.05, 0.1) is 7.11 Å². The normalized spacial score (nSPS) is 10.4. The van der Waals surface area contributed by atoms with Crippen LogP contribution in [-0.4, -0.2) is 18.0 Å². The lowest BCUT2D eigenvalue weighted by molar-refractivity contribution is 0.0996. The number of nitrogens with zero attached hydrogens (tertiary/aromatic N) is 1. The highest BCUT2D eigenvalue weighted by Crippen LogP contribution is 2.22. The van der Waals surface area contributed by atoms with E-state index >= 15 is 0 Å². The molecule has 81 valence electrons. The van der Waals surface area contributed by atoms with Crippen molar-refractivity contribution in [1.82, 2.24) is 4.98 Å². The summed E-state index contributed by atoms with van der Waals surface area (Å²) in [6.45, 7) is 0. The van der Waals surface area contributed by atoms with Gasteiger partial charge in [0, 0.05) is 11.5 Å². The number of ether oxygens (including phenoxy) is 1. The van der Waals surface area contributed by atoms with Crippen LogP contribution in [0.5, 0.6) is 5.75 Å². The van der Waals surface area contributed by atoms with Gasteiger partial charge in [-0.1, -0.05) is 0 Å². The number of fused-ring (bicyclic) bond motifs is 1. The molecular formula is C11H8FN2O2. The Kier molecular flexibility index (Phi) is 2.44. The first-order valence-corrected chi connectivity index (χ1v) is 4.47. The molecule has 16 heavy (non-hydrogen) atoms. The zero-order valence-electron chi connectivity index (χ0n) is 8.45. The summed E-state index contributed by atoms with van der Waals surface area (Å²) in [4.78, 5) is 14.7. The van der Waals surface area contributed by atoms with E-state index in [1.807, 2.05) is 0 Å².